The number of benzene rings is 1. The first-order chi connectivity index (χ1) is 9.45. The van der Waals surface area contributed by atoms with Gasteiger partial charge in [-0.15, -0.1) is 0 Å². The first-order valence-corrected chi connectivity index (χ1v) is 6.37. The zero-order valence-electron chi connectivity index (χ0n) is 11.4. The zero-order chi connectivity index (χ0) is 15.1. The lowest BCUT2D eigenvalue weighted by atomic mass is 10.2. The molecule has 0 aliphatic rings. The Morgan fingerprint density at radius 2 is 2.15 bits per heavy atom. The van der Waals surface area contributed by atoms with Crippen molar-refractivity contribution in [2.24, 2.45) is 0 Å². The van der Waals surface area contributed by atoms with Crippen LogP contribution in [-0.2, 0) is 4.74 Å². The Labute approximate surface area is 122 Å². The molecule has 0 spiro atoms. The van der Waals surface area contributed by atoms with Crippen LogP contribution in [0.5, 0.6) is 0 Å². The summed E-state index contributed by atoms with van der Waals surface area (Å²) in [4.78, 5) is 24.3. The number of nitrogens with one attached hydrogen (secondary N) is 1. The summed E-state index contributed by atoms with van der Waals surface area (Å²) in [6.45, 7) is 1.11. The van der Waals surface area contributed by atoms with Crippen LogP contribution in [0.4, 0.5) is 10.5 Å². The van der Waals surface area contributed by atoms with E-state index in [0.717, 1.165) is 6.42 Å². The maximum Gasteiger partial charge on any atom is 0.337 e. The number of anilines is 1. The van der Waals surface area contributed by atoms with Gasteiger partial charge >= 0.3 is 12.0 Å². The third kappa shape index (κ3) is 4.71. The fraction of sp³-hybridized carbons (Fsp3) is 0.385. The standard InChI is InChI=1S/C13H17ClN2O4/c1-16(6-3-7-20-2)13(19)15-9-4-5-11(14)10(8-9)12(17)18/h4-5,8H,3,6-7H2,1-2H3,(H,15,19)(H,17,18). The molecule has 0 atom stereocenters. The van der Waals surface area contributed by atoms with Crippen molar-refractivity contribution in [1.82, 2.24) is 4.90 Å². The number of amides is 2. The summed E-state index contributed by atoms with van der Waals surface area (Å²) in [5, 5.41) is 11.7. The summed E-state index contributed by atoms with van der Waals surface area (Å²) in [5.41, 5.74) is 0.335. The molecule has 0 heterocycles. The average molecular weight is 301 g/mol. The van der Waals surface area contributed by atoms with Crippen LogP contribution in [0, 0.1) is 0 Å². The van der Waals surface area contributed by atoms with Crippen LogP contribution in [-0.4, -0.2) is 49.3 Å². The van der Waals surface area contributed by atoms with Gasteiger partial charge in [0.15, 0.2) is 0 Å². The molecule has 6 nitrogen and oxygen atoms in total. The molecule has 2 N–H and O–H groups in total. The molecule has 0 radical (unpaired) electrons. The van der Waals surface area contributed by atoms with Crippen LogP contribution < -0.4 is 5.32 Å². The summed E-state index contributed by atoms with van der Waals surface area (Å²) < 4.78 is 4.91. The number of carboxylic acid groups (broad SMARTS) is 1. The van der Waals surface area contributed by atoms with E-state index in [1.807, 2.05) is 0 Å². The lowest BCUT2D eigenvalue weighted by Crippen LogP contribution is -2.32. The van der Waals surface area contributed by atoms with Gasteiger partial charge < -0.3 is 20.1 Å². The van der Waals surface area contributed by atoms with Crippen LogP contribution >= 0.6 is 11.6 Å². The summed E-state index contributed by atoms with van der Waals surface area (Å²) in [5.74, 6) is -1.14. The van der Waals surface area contributed by atoms with Crippen LogP contribution in [0.3, 0.4) is 0 Å². The predicted molar refractivity (Wildman–Crippen MR) is 76.6 cm³/mol. The highest BCUT2D eigenvalue weighted by atomic mass is 35.5. The number of ether oxygens (including phenoxy) is 1. The zero-order valence-corrected chi connectivity index (χ0v) is 12.1. The van der Waals surface area contributed by atoms with Gasteiger partial charge in [0.05, 0.1) is 10.6 Å². The van der Waals surface area contributed by atoms with E-state index in [1.165, 1.54) is 17.0 Å². The first-order valence-electron chi connectivity index (χ1n) is 5.99. The van der Waals surface area contributed by atoms with Gasteiger partial charge in [0, 0.05) is 33.0 Å². The number of halogens is 1. The summed E-state index contributed by atoms with van der Waals surface area (Å²) in [6.07, 6.45) is 0.724. The number of urea groups is 1. The lowest BCUT2D eigenvalue weighted by Gasteiger charge is -2.18. The molecule has 2 amide bonds. The van der Waals surface area contributed by atoms with Gasteiger partial charge in [0.2, 0.25) is 0 Å². The number of methoxy groups -OCH3 is 1. The Balaban J connectivity index is 2.66. The molecule has 110 valence electrons. The first kappa shape index (κ1) is 16.3. The number of hydrogen-bond acceptors (Lipinski definition) is 3. The topological polar surface area (TPSA) is 78.9 Å². The van der Waals surface area contributed by atoms with Crippen molar-refractivity contribution in [1.29, 1.82) is 0 Å². The maximum absolute atomic E-state index is 11.9. The van der Waals surface area contributed by atoms with Crippen LogP contribution in [0.1, 0.15) is 16.8 Å². The minimum Gasteiger partial charge on any atom is -0.478 e. The van der Waals surface area contributed by atoms with Gasteiger partial charge in [-0.1, -0.05) is 11.6 Å². The van der Waals surface area contributed by atoms with E-state index in [-0.39, 0.29) is 16.6 Å². The van der Waals surface area contributed by atoms with Crippen molar-refractivity contribution in [2.45, 2.75) is 6.42 Å². The quantitative estimate of drug-likeness (QED) is 0.791. The van der Waals surface area contributed by atoms with E-state index < -0.39 is 5.97 Å². The van der Waals surface area contributed by atoms with E-state index >= 15 is 0 Å². The van der Waals surface area contributed by atoms with E-state index in [1.54, 1.807) is 20.2 Å². The molecule has 0 aliphatic heterocycles. The van der Waals surface area contributed by atoms with Crippen molar-refractivity contribution in [3.05, 3.63) is 28.8 Å². The van der Waals surface area contributed by atoms with Gasteiger partial charge in [0.25, 0.3) is 0 Å². The molecule has 0 saturated carbocycles. The van der Waals surface area contributed by atoms with Crippen molar-refractivity contribution in [3.63, 3.8) is 0 Å². The number of aromatic carboxylic acids is 1. The smallest absolute Gasteiger partial charge is 0.337 e. The Hall–Kier alpha value is -1.79. The molecule has 20 heavy (non-hydrogen) atoms. The number of rotatable bonds is 6. The number of hydrogen-bond donors (Lipinski definition) is 2. The Morgan fingerprint density at radius 3 is 2.75 bits per heavy atom. The van der Waals surface area contributed by atoms with E-state index in [4.69, 9.17) is 21.4 Å². The molecule has 0 aliphatic carbocycles. The lowest BCUT2D eigenvalue weighted by molar-refractivity contribution is 0.0697. The number of carboxylic acids is 1. The largest absolute Gasteiger partial charge is 0.478 e. The van der Waals surface area contributed by atoms with Gasteiger partial charge in [0.1, 0.15) is 0 Å². The molecule has 0 saturated heterocycles. The minimum atomic E-state index is -1.14. The highest BCUT2D eigenvalue weighted by Crippen LogP contribution is 2.20. The van der Waals surface area contributed by atoms with Crippen molar-refractivity contribution in [3.8, 4) is 0 Å². The third-order valence-electron chi connectivity index (χ3n) is 2.64. The van der Waals surface area contributed by atoms with Crippen LogP contribution in [0.15, 0.2) is 18.2 Å². The average Bonchev–Trinajstić information content (AvgIpc) is 2.40. The second-order valence-corrected chi connectivity index (χ2v) is 4.61. The molecule has 1 aromatic carbocycles. The second-order valence-electron chi connectivity index (χ2n) is 4.20. The van der Waals surface area contributed by atoms with Gasteiger partial charge in [-0.25, -0.2) is 9.59 Å². The third-order valence-corrected chi connectivity index (χ3v) is 2.97. The second kappa shape index (κ2) is 7.72. The molecule has 1 aromatic rings. The van der Waals surface area contributed by atoms with E-state index in [9.17, 15) is 9.59 Å². The maximum atomic E-state index is 11.9. The predicted octanol–water partition coefficient (Wildman–Crippen LogP) is 2.54. The fourth-order valence-electron chi connectivity index (χ4n) is 1.53. The van der Waals surface area contributed by atoms with Gasteiger partial charge in [-0.2, -0.15) is 0 Å². The minimum absolute atomic E-state index is 0.0495. The molecule has 1 rings (SSSR count). The van der Waals surface area contributed by atoms with E-state index in [0.29, 0.717) is 18.8 Å². The molecular formula is C13H17ClN2O4. The van der Waals surface area contributed by atoms with Crippen LogP contribution in [0.25, 0.3) is 0 Å². The SMILES string of the molecule is COCCCN(C)C(=O)Nc1ccc(Cl)c(C(=O)O)c1. The number of carbonyl (C=O) groups excluding carboxylic acids is 1. The van der Waals surface area contributed by atoms with Crippen molar-refractivity contribution in [2.75, 3.05) is 32.6 Å². The van der Waals surface area contributed by atoms with Crippen LogP contribution in [0.2, 0.25) is 5.02 Å². The molecule has 0 fully saturated rings. The van der Waals surface area contributed by atoms with Crippen molar-refractivity contribution < 1.29 is 19.4 Å². The molecule has 7 heteroatoms. The monoisotopic (exact) mass is 300 g/mol. The highest BCUT2D eigenvalue weighted by Gasteiger charge is 2.12. The normalized spacial score (nSPS) is 10.2. The van der Waals surface area contributed by atoms with Gasteiger partial charge in [-0.05, 0) is 24.6 Å². The summed E-state index contributed by atoms with van der Waals surface area (Å²) >= 11 is 5.76. The Morgan fingerprint density at radius 1 is 1.45 bits per heavy atom. The van der Waals surface area contributed by atoms with E-state index in [2.05, 4.69) is 5.32 Å². The molecular weight excluding hydrogens is 284 g/mol. The number of nitrogens with zero attached hydrogens (tertiary/aromatic N) is 1. The van der Waals surface area contributed by atoms with Gasteiger partial charge in [-0.3, -0.25) is 0 Å². The fourth-order valence-corrected chi connectivity index (χ4v) is 1.73. The molecule has 0 bridgehead atoms. The highest BCUT2D eigenvalue weighted by molar-refractivity contribution is 6.33. The Kier molecular flexibility index (Phi) is 6.27. The summed E-state index contributed by atoms with van der Waals surface area (Å²) in [6, 6.07) is 3.99. The molecule has 0 aromatic heterocycles. The number of carbonyl (C=O) groups is 2. The molecule has 0 unspecified atom stereocenters. The van der Waals surface area contributed by atoms with Crippen molar-refractivity contribution >= 4 is 29.3 Å². The summed E-state index contributed by atoms with van der Waals surface area (Å²) in [7, 11) is 3.25. The Bertz CT molecular complexity index is 493.